The Morgan fingerprint density at radius 2 is 2.00 bits per heavy atom. The van der Waals surface area contributed by atoms with Gasteiger partial charge < -0.3 is 5.73 Å². The second kappa shape index (κ2) is 2.77. The normalized spacial score (nSPS) is 23.7. The second-order valence-electron chi connectivity index (χ2n) is 3.53. The molecule has 0 amide bonds. The van der Waals surface area contributed by atoms with Crippen LogP contribution >= 0.6 is 0 Å². The van der Waals surface area contributed by atoms with E-state index in [0.717, 1.165) is 24.4 Å². The Balaban J connectivity index is 2.35. The zero-order chi connectivity index (χ0) is 8.55. The van der Waals surface area contributed by atoms with Crippen molar-refractivity contribution >= 4 is 5.84 Å². The first-order valence-corrected chi connectivity index (χ1v) is 4.50. The third-order valence-corrected chi connectivity index (χ3v) is 2.59. The van der Waals surface area contributed by atoms with Crippen molar-refractivity contribution in [1.29, 1.82) is 0 Å². The topological polar surface area (TPSA) is 38.4 Å². The van der Waals surface area contributed by atoms with Gasteiger partial charge in [-0.2, -0.15) is 0 Å². The minimum Gasteiger partial charge on any atom is -0.383 e. The average Bonchev–Trinajstić information content (AvgIpc) is 2.04. The van der Waals surface area contributed by atoms with Gasteiger partial charge in [0.05, 0.1) is 0 Å². The van der Waals surface area contributed by atoms with Gasteiger partial charge in [0, 0.05) is 12.1 Å². The molecule has 0 aromatic rings. The van der Waals surface area contributed by atoms with Gasteiger partial charge in [-0.05, 0) is 31.3 Å². The lowest BCUT2D eigenvalue weighted by molar-refractivity contribution is 0.667. The fourth-order valence-electron chi connectivity index (χ4n) is 2.00. The summed E-state index contributed by atoms with van der Waals surface area (Å²) in [5, 5.41) is 0. The quantitative estimate of drug-likeness (QED) is 0.582. The first-order valence-electron chi connectivity index (χ1n) is 4.50. The molecule has 2 nitrogen and oxygen atoms in total. The maximum atomic E-state index is 5.81. The number of nitrogens with zero attached hydrogens (tertiary/aromatic N) is 1. The summed E-state index contributed by atoms with van der Waals surface area (Å²) >= 11 is 0. The van der Waals surface area contributed by atoms with Crippen molar-refractivity contribution in [2.24, 2.45) is 10.7 Å². The van der Waals surface area contributed by atoms with Crippen molar-refractivity contribution in [2.75, 3.05) is 0 Å². The van der Waals surface area contributed by atoms with Crippen LogP contribution in [0, 0.1) is 0 Å². The molecule has 0 atom stereocenters. The summed E-state index contributed by atoms with van der Waals surface area (Å²) in [5.74, 6) is 0.723. The van der Waals surface area contributed by atoms with E-state index in [4.69, 9.17) is 5.73 Å². The van der Waals surface area contributed by atoms with Crippen LogP contribution in [0.4, 0.5) is 0 Å². The molecular weight excluding hydrogens is 148 g/mol. The standard InChI is InChI=1S/C10H14N2/c1-7-6-8-4-2-3-5-9(8)10(11)12-7/h1-6H2,(H2,11,12). The molecule has 0 aromatic heterocycles. The van der Waals surface area contributed by atoms with Crippen LogP contribution in [0.25, 0.3) is 0 Å². The number of aliphatic imine (C=N–C) groups is 1. The molecule has 0 fully saturated rings. The molecule has 0 spiro atoms. The van der Waals surface area contributed by atoms with E-state index in [2.05, 4.69) is 11.6 Å². The Morgan fingerprint density at radius 1 is 1.25 bits per heavy atom. The van der Waals surface area contributed by atoms with E-state index >= 15 is 0 Å². The van der Waals surface area contributed by atoms with Gasteiger partial charge in [-0.25, -0.2) is 4.99 Å². The number of allylic oxidation sites excluding steroid dienone is 1. The predicted molar refractivity (Wildman–Crippen MR) is 50.9 cm³/mol. The van der Waals surface area contributed by atoms with E-state index in [1.807, 2.05) is 0 Å². The van der Waals surface area contributed by atoms with Crippen LogP contribution in [-0.2, 0) is 0 Å². The van der Waals surface area contributed by atoms with Gasteiger partial charge in [-0.15, -0.1) is 0 Å². The van der Waals surface area contributed by atoms with Crippen molar-refractivity contribution < 1.29 is 0 Å². The maximum Gasteiger partial charge on any atom is 0.126 e. The molecule has 2 rings (SSSR count). The number of amidine groups is 1. The fourth-order valence-corrected chi connectivity index (χ4v) is 2.00. The number of hydrogen-bond acceptors (Lipinski definition) is 2. The van der Waals surface area contributed by atoms with Crippen molar-refractivity contribution in [3.8, 4) is 0 Å². The van der Waals surface area contributed by atoms with E-state index in [1.165, 1.54) is 30.4 Å². The highest BCUT2D eigenvalue weighted by molar-refractivity contribution is 5.99. The minimum atomic E-state index is 0.723. The number of rotatable bonds is 0. The van der Waals surface area contributed by atoms with Gasteiger partial charge in [-0.1, -0.05) is 12.2 Å². The second-order valence-corrected chi connectivity index (χ2v) is 3.53. The van der Waals surface area contributed by atoms with Crippen LogP contribution < -0.4 is 5.73 Å². The van der Waals surface area contributed by atoms with E-state index in [-0.39, 0.29) is 0 Å². The largest absolute Gasteiger partial charge is 0.383 e. The van der Waals surface area contributed by atoms with Gasteiger partial charge in [0.1, 0.15) is 5.84 Å². The first kappa shape index (κ1) is 7.59. The number of dihydropyridines is 1. The Bertz CT molecular complexity index is 284. The number of nitrogens with two attached hydrogens (primary N) is 1. The molecule has 1 aliphatic heterocycles. The molecule has 2 N–H and O–H groups in total. The van der Waals surface area contributed by atoms with Gasteiger partial charge >= 0.3 is 0 Å². The van der Waals surface area contributed by atoms with Crippen molar-refractivity contribution in [1.82, 2.24) is 0 Å². The molecule has 0 bridgehead atoms. The van der Waals surface area contributed by atoms with Gasteiger partial charge in [0.25, 0.3) is 0 Å². The first-order chi connectivity index (χ1) is 5.77. The molecule has 2 aliphatic rings. The third kappa shape index (κ3) is 1.17. The summed E-state index contributed by atoms with van der Waals surface area (Å²) in [6.45, 7) is 3.85. The third-order valence-electron chi connectivity index (χ3n) is 2.59. The van der Waals surface area contributed by atoms with Gasteiger partial charge in [-0.3, -0.25) is 0 Å². The Hall–Kier alpha value is -1.05. The SMILES string of the molecule is C=C1CC2=C(CCCC2)C(N)=N1. The Kier molecular flexibility index (Phi) is 1.75. The van der Waals surface area contributed by atoms with E-state index in [1.54, 1.807) is 0 Å². The molecule has 2 heteroatoms. The summed E-state index contributed by atoms with van der Waals surface area (Å²) in [6.07, 6.45) is 5.85. The molecule has 12 heavy (non-hydrogen) atoms. The van der Waals surface area contributed by atoms with E-state index < -0.39 is 0 Å². The molecule has 0 aromatic carbocycles. The monoisotopic (exact) mass is 162 g/mol. The molecular formula is C10H14N2. The summed E-state index contributed by atoms with van der Waals surface area (Å²) < 4.78 is 0. The highest BCUT2D eigenvalue weighted by atomic mass is 14.9. The van der Waals surface area contributed by atoms with Crippen LogP contribution in [-0.4, -0.2) is 5.84 Å². The van der Waals surface area contributed by atoms with Gasteiger partial charge in [0.2, 0.25) is 0 Å². The molecule has 0 radical (unpaired) electrons. The van der Waals surface area contributed by atoms with E-state index in [0.29, 0.717) is 0 Å². The lowest BCUT2D eigenvalue weighted by Crippen LogP contribution is -2.22. The molecule has 64 valence electrons. The minimum absolute atomic E-state index is 0.723. The van der Waals surface area contributed by atoms with Crippen LogP contribution in [0.2, 0.25) is 0 Å². The fraction of sp³-hybridized carbons (Fsp3) is 0.500. The number of hydrogen-bond donors (Lipinski definition) is 1. The molecule has 1 aliphatic carbocycles. The maximum absolute atomic E-state index is 5.81. The Morgan fingerprint density at radius 3 is 2.83 bits per heavy atom. The van der Waals surface area contributed by atoms with Crippen LogP contribution in [0.3, 0.4) is 0 Å². The summed E-state index contributed by atoms with van der Waals surface area (Å²) in [4.78, 5) is 4.21. The highest BCUT2D eigenvalue weighted by Gasteiger charge is 2.19. The highest BCUT2D eigenvalue weighted by Crippen LogP contribution is 2.32. The van der Waals surface area contributed by atoms with Gasteiger partial charge in [0.15, 0.2) is 0 Å². The predicted octanol–water partition coefficient (Wildman–Crippen LogP) is 2.13. The molecule has 1 heterocycles. The zero-order valence-corrected chi connectivity index (χ0v) is 7.27. The van der Waals surface area contributed by atoms with Crippen LogP contribution in [0.1, 0.15) is 32.1 Å². The lowest BCUT2D eigenvalue weighted by atomic mass is 9.87. The van der Waals surface area contributed by atoms with Crippen molar-refractivity contribution in [2.45, 2.75) is 32.1 Å². The summed E-state index contributed by atoms with van der Waals surface area (Å²) in [6, 6.07) is 0. The summed E-state index contributed by atoms with van der Waals surface area (Å²) in [5.41, 5.74) is 9.53. The lowest BCUT2D eigenvalue weighted by Gasteiger charge is -2.23. The summed E-state index contributed by atoms with van der Waals surface area (Å²) in [7, 11) is 0. The average molecular weight is 162 g/mol. The van der Waals surface area contributed by atoms with Crippen LogP contribution in [0.5, 0.6) is 0 Å². The molecule has 0 unspecified atom stereocenters. The van der Waals surface area contributed by atoms with E-state index in [9.17, 15) is 0 Å². The van der Waals surface area contributed by atoms with Crippen molar-refractivity contribution in [3.63, 3.8) is 0 Å². The zero-order valence-electron chi connectivity index (χ0n) is 7.27. The molecule has 0 saturated carbocycles. The van der Waals surface area contributed by atoms with Crippen molar-refractivity contribution in [3.05, 3.63) is 23.4 Å². The molecule has 0 saturated heterocycles. The Labute approximate surface area is 72.9 Å². The smallest absolute Gasteiger partial charge is 0.126 e. The van der Waals surface area contributed by atoms with Crippen LogP contribution in [0.15, 0.2) is 28.4 Å².